The van der Waals surface area contributed by atoms with E-state index in [1.165, 1.54) is 20.0 Å². The van der Waals surface area contributed by atoms with Crippen molar-refractivity contribution in [3.63, 3.8) is 0 Å². The van der Waals surface area contributed by atoms with E-state index in [2.05, 4.69) is 14.3 Å². The van der Waals surface area contributed by atoms with Gasteiger partial charge in [-0.1, -0.05) is 0 Å². The van der Waals surface area contributed by atoms with Crippen molar-refractivity contribution in [2.75, 3.05) is 7.11 Å². The molecule has 1 atom stereocenters. The van der Waals surface area contributed by atoms with E-state index < -0.39 is 6.04 Å². The minimum atomic E-state index is -0.542. The first-order chi connectivity index (χ1) is 7.72. The summed E-state index contributed by atoms with van der Waals surface area (Å²) >= 11 is 0. The summed E-state index contributed by atoms with van der Waals surface area (Å²) < 4.78 is 6.67. The van der Waals surface area contributed by atoms with Gasteiger partial charge in [-0.15, -0.1) is 0 Å². The van der Waals surface area contributed by atoms with Crippen LogP contribution in [0.4, 0.5) is 0 Å². The van der Waals surface area contributed by atoms with Crippen LogP contribution in [0.25, 0.3) is 0 Å². The Kier molecular flexibility index (Phi) is 3.24. The van der Waals surface area contributed by atoms with E-state index in [0.717, 1.165) is 12.4 Å². The Morgan fingerprint density at radius 1 is 1.75 bits per heavy atom. The molecular weight excluding hydrogens is 206 g/mol. The highest BCUT2D eigenvalue weighted by molar-refractivity contribution is 5.75. The molecule has 0 saturated heterocycles. The SMILES string of the molecule is COC(=O)C(N)CCn1ccnc1C1CC1. The molecule has 0 amide bonds. The monoisotopic (exact) mass is 223 g/mol. The summed E-state index contributed by atoms with van der Waals surface area (Å²) in [4.78, 5) is 15.5. The largest absolute Gasteiger partial charge is 0.468 e. The van der Waals surface area contributed by atoms with Crippen LogP contribution in [0.3, 0.4) is 0 Å². The highest BCUT2D eigenvalue weighted by Gasteiger charge is 2.28. The van der Waals surface area contributed by atoms with Crippen LogP contribution in [0.5, 0.6) is 0 Å². The lowest BCUT2D eigenvalue weighted by molar-refractivity contribution is -0.142. The van der Waals surface area contributed by atoms with Crippen LogP contribution in [0, 0.1) is 0 Å². The first-order valence-electron chi connectivity index (χ1n) is 5.57. The van der Waals surface area contributed by atoms with Gasteiger partial charge in [0.2, 0.25) is 0 Å². The maximum atomic E-state index is 11.1. The number of carbonyl (C=O) groups excluding carboxylic acids is 1. The zero-order chi connectivity index (χ0) is 11.5. The highest BCUT2D eigenvalue weighted by Crippen LogP contribution is 2.38. The molecule has 1 aliphatic rings. The summed E-state index contributed by atoms with van der Waals surface area (Å²) in [6, 6.07) is -0.542. The van der Waals surface area contributed by atoms with Crippen molar-refractivity contribution in [3.05, 3.63) is 18.2 Å². The lowest BCUT2D eigenvalue weighted by Crippen LogP contribution is -2.32. The van der Waals surface area contributed by atoms with E-state index in [1.807, 2.05) is 6.20 Å². The number of ether oxygens (including phenoxy) is 1. The van der Waals surface area contributed by atoms with Crippen molar-refractivity contribution >= 4 is 5.97 Å². The van der Waals surface area contributed by atoms with Gasteiger partial charge < -0.3 is 15.0 Å². The van der Waals surface area contributed by atoms with Gasteiger partial charge in [0.25, 0.3) is 0 Å². The van der Waals surface area contributed by atoms with Crippen LogP contribution < -0.4 is 5.73 Å². The molecule has 0 radical (unpaired) electrons. The average Bonchev–Trinajstić information content (AvgIpc) is 3.04. The summed E-state index contributed by atoms with van der Waals surface area (Å²) in [6.45, 7) is 0.724. The molecule has 1 heterocycles. The molecule has 16 heavy (non-hydrogen) atoms. The number of hydrogen-bond acceptors (Lipinski definition) is 4. The van der Waals surface area contributed by atoms with Gasteiger partial charge >= 0.3 is 5.97 Å². The third-order valence-electron chi connectivity index (χ3n) is 2.88. The highest BCUT2D eigenvalue weighted by atomic mass is 16.5. The number of aryl methyl sites for hydroxylation is 1. The van der Waals surface area contributed by atoms with Gasteiger partial charge in [0.05, 0.1) is 7.11 Å². The van der Waals surface area contributed by atoms with Crippen LogP contribution in [0.2, 0.25) is 0 Å². The molecule has 5 heteroatoms. The number of methoxy groups -OCH3 is 1. The van der Waals surface area contributed by atoms with E-state index in [9.17, 15) is 4.79 Å². The first-order valence-corrected chi connectivity index (χ1v) is 5.57. The zero-order valence-electron chi connectivity index (χ0n) is 9.43. The number of imidazole rings is 1. The number of carbonyl (C=O) groups is 1. The number of rotatable bonds is 5. The lowest BCUT2D eigenvalue weighted by atomic mass is 10.2. The van der Waals surface area contributed by atoms with E-state index in [4.69, 9.17) is 5.73 Å². The predicted octanol–water partition coefficient (Wildman–Crippen LogP) is 0.651. The summed E-state index contributed by atoms with van der Waals surface area (Å²) in [6.07, 6.45) is 6.78. The van der Waals surface area contributed by atoms with Crippen LogP contribution in [0.15, 0.2) is 12.4 Å². The fraction of sp³-hybridized carbons (Fsp3) is 0.636. The molecule has 2 rings (SSSR count). The van der Waals surface area contributed by atoms with E-state index >= 15 is 0 Å². The molecule has 2 N–H and O–H groups in total. The normalized spacial score (nSPS) is 17.1. The fourth-order valence-electron chi connectivity index (χ4n) is 1.76. The molecule has 0 aromatic carbocycles. The topological polar surface area (TPSA) is 70.1 Å². The van der Waals surface area contributed by atoms with Gasteiger partial charge in [-0.3, -0.25) is 4.79 Å². The number of nitrogens with zero attached hydrogens (tertiary/aromatic N) is 2. The van der Waals surface area contributed by atoms with Gasteiger partial charge in [-0.25, -0.2) is 4.98 Å². The standard InChI is InChI=1S/C11H17N3O2/c1-16-11(15)9(12)4-6-14-7-5-13-10(14)8-2-3-8/h5,7-9H,2-4,6,12H2,1H3. The van der Waals surface area contributed by atoms with Gasteiger partial charge in [0, 0.05) is 24.9 Å². The Morgan fingerprint density at radius 3 is 3.12 bits per heavy atom. The van der Waals surface area contributed by atoms with Crippen molar-refractivity contribution < 1.29 is 9.53 Å². The molecule has 0 spiro atoms. The first kappa shape index (κ1) is 11.1. The molecule has 1 aromatic rings. The number of nitrogens with two attached hydrogens (primary N) is 1. The zero-order valence-corrected chi connectivity index (χ0v) is 9.43. The molecule has 1 aliphatic carbocycles. The predicted molar refractivity (Wildman–Crippen MR) is 58.8 cm³/mol. The second kappa shape index (κ2) is 4.65. The molecule has 88 valence electrons. The molecule has 1 saturated carbocycles. The molecule has 1 unspecified atom stereocenters. The molecule has 5 nitrogen and oxygen atoms in total. The maximum absolute atomic E-state index is 11.1. The third-order valence-corrected chi connectivity index (χ3v) is 2.88. The van der Waals surface area contributed by atoms with Crippen molar-refractivity contribution in [1.82, 2.24) is 9.55 Å². The van der Waals surface area contributed by atoms with Gasteiger partial charge in [0.1, 0.15) is 11.9 Å². The van der Waals surface area contributed by atoms with Crippen molar-refractivity contribution in [1.29, 1.82) is 0 Å². The number of esters is 1. The van der Waals surface area contributed by atoms with Crippen LogP contribution >= 0.6 is 0 Å². The fourth-order valence-corrected chi connectivity index (χ4v) is 1.76. The van der Waals surface area contributed by atoms with Crippen LogP contribution in [0.1, 0.15) is 31.0 Å². The summed E-state index contributed by atoms with van der Waals surface area (Å²) in [7, 11) is 1.36. The summed E-state index contributed by atoms with van der Waals surface area (Å²) in [5.74, 6) is 1.38. The second-order valence-corrected chi connectivity index (χ2v) is 4.17. The molecular formula is C11H17N3O2. The van der Waals surface area contributed by atoms with Gasteiger partial charge in [0.15, 0.2) is 0 Å². The van der Waals surface area contributed by atoms with Crippen LogP contribution in [-0.2, 0) is 16.1 Å². The number of aromatic nitrogens is 2. The van der Waals surface area contributed by atoms with Crippen molar-refractivity contribution in [2.45, 2.75) is 37.8 Å². The minimum Gasteiger partial charge on any atom is -0.468 e. The quantitative estimate of drug-likeness (QED) is 0.744. The van der Waals surface area contributed by atoms with E-state index in [-0.39, 0.29) is 5.97 Å². The Bertz CT molecular complexity index is 371. The van der Waals surface area contributed by atoms with E-state index in [1.54, 1.807) is 6.20 Å². The summed E-state index contributed by atoms with van der Waals surface area (Å²) in [5, 5.41) is 0. The van der Waals surface area contributed by atoms with Crippen LogP contribution in [-0.4, -0.2) is 28.7 Å². The minimum absolute atomic E-state index is 0.354. The Labute approximate surface area is 94.6 Å². The second-order valence-electron chi connectivity index (χ2n) is 4.17. The molecule has 1 fully saturated rings. The Balaban J connectivity index is 1.89. The van der Waals surface area contributed by atoms with E-state index in [0.29, 0.717) is 12.3 Å². The molecule has 0 aliphatic heterocycles. The third kappa shape index (κ3) is 2.41. The van der Waals surface area contributed by atoms with Crippen molar-refractivity contribution in [2.24, 2.45) is 5.73 Å². The summed E-state index contributed by atoms with van der Waals surface area (Å²) in [5.41, 5.74) is 5.68. The lowest BCUT2D eigenvalue weighted by Gasteiger charge is -2.11. The smallest absolute Gasteiger partial charge is 0.322 e. The Morgan fingerprint density at radius 2 is 2.50 bits per heavy atom. The number of hydrogen-bond donors (Lipinski definition) is 1. The molecule has 0 bridgehead atoms. The van der Waals surface area contributed by atoms with Gasteiger partial charge in [-0.2, -0.15) is 0 Å². The van der Waals surface area contributed by atoms with Gasteiger partial charge in [-0.05, 0) is 19.3 Å². The maximum Gasteiger partial charge on any atom is 0.322 e. The Hall–Kier alpha value is -1.36. The van der Waals surface area contributed by atoms with Crippen molar-refractivity contribution in [3.8, 4) is 0 Å². The average molecular weight is 223 g/mol. The molecule has 1 aromatic heterocycles.